The lowest BCUT2D eigenvalue weighted by Gasteiger charge is -2.06. The molecular weight excluding hydrogens is 214 g/mol. The molecule has 3 rings (SSSR count). The summed E-state index contributed by atoms with van der Waals surface area (Å²) in [4.78, 5) is 4.31. The molecule has 3 heterocycles. The van der Waals surface area contributed by atoms with E-state index in [1.807, 2.05) is 25.3 Å². The number of nitrogens with one attached hydrogen (secondary N) is 1. The van der Waals surface area contributed by atoms with Gasteiger partial charge in [-0.05, 0) is 31.9 Å². The van der Waals surface area contributed by atoms with E-state index in [0.29, 0.717) is 0 Å². The van der Waals surface area contributed by atoms with Crippen LogP contribution in [0.3, 0.4) is 0 Å². The van der Waals surface area contributed by atoms with Crippen LogP contribution in [0.1, 0.15) is 18.5 Å². The third kappa shape index (κ3) is 1.88. The number of rotatable bonds is 1. The molecular formula is C12H15N5. The molecule has 1 aliphatic heterocycles. The molecule has 0 amide bonds. The van der Waals surface area contributed by atoms with Crippen molar-refractivity contribution < 1.29 is 0 Å². The van der Waals surface area contributed by atoms with Gasteiger partial charge in [-0.3, -0.25) is 9.55 Å². The molecule has 1 aliphatic rings. The summed E-state index contributed by atoms with van der Waals surface area (Å²) in [6.45, 7) is 3.93. The standard InChI is InChI=1S/C12H15N5/c1-9-4-5-10(8-14-9)11-15-16-12-13-6-2-3-7-17(11)12/h4-5,8H,2-3,6-7H2,1H3,(H,13,16). The highest BCUT2D eigenvalue weighted by Crippen LogP contribution is 2.22. The number of pyridine rings is 1. The Balaban J connectivity index is 2.03. The molecule has 0 aliphatic carbocycles. The van der Waals surface area contributed by atoms with Gasteiger partial charge in [-0.25, -0.2) is 0 Å². The second-order valence-corrected chi connectivity index (χ2v) is 4.32. The Morgan fingerprint density at radius 3 is 3.00 bits per heavy atom. The van der Waals surface area contributed by atoms with Gasteiger partial charge in [-0.2, -0.15) is 0 Å². The van der Waals surface area contributed by atoms with Crippen molar-refractivity contribution in [2.24, 2.45) is 0 Å². The van der Waals surface area contributed by atoms with Gasteiger partial charge < -0.3 is 5.32 Å². The molecule has 0 unspecified atom stereocenters. The zero-order valence-corrected chi connectivity index (χ0v) is 9.85. The molecule has 0 radical (unpaired) electrons. The number of aromatic nitrogens is 4. The Labute approximate surface area is 99.9 Å². The molecule has 0 atom stereocenters. The first-order chi connectivity index (χ1) is 8.34. The third-order valence-electron chi connectivity index (χ3n) is 3.01. The minimum Gasteiger partial charge on any atom is -0.354 e. The fraction of sp³-hybridized carbons (Fsp3) is 0.417. The van der Waals surface area contributed by atoms with Crippen LogP contribution in [0, 0.1) is 6.92 Å². The van der Waals surface area contributed by atoms with Crippen LogP contribution in [0.25, 0.3) is 11.4 Å². The van der Waals surface area contributed by atoms with Crippen molar-refractivity contribution in [3.8, 4) is 11.4 Å². The topological polar surface area (TPSA) is 55.6 Å². The average Bonchev–Trinajstić information content (AvgIpc) is 2.60. The lowest BCUT2D eigenvalue weighted by molar-refractivity contribution is 0.657. The summed E-state index contributed by atoms with van der Waals surface area (Å²) in [5.74, 6) is 1.78. The van der Waals surface area contributed by atoms with Gasteiger partial charge in [0.05, 0.1) is 0 Å². The van der Waals surface area contributed by atoms with Crippen LogP contribution < -0.4 is 5.32 Å². The van der Waals surface area contributed by atoms with Gasteiger partial charge in [-0.1, -0.05) is 0 Å². The van der Waals surface area contributed by atoms with E-state index in [2.05, 4.69) is 25.1 Å². The van der Waals surface area contributed by atoms with Gasteiger partial charge in [0.2, 0.25) is 5.95 Å². The molecule has 5 nitrogen and oxygen atoms in total. The van der Waals surface area contributed by atoms with E-state index in [-0.39, 0.29) is 0 Å². The number of hydrogen-bond acceptors (Lipinski definition) is 4. The number of nitrogens with zero attached hydrogens (tertiary/aromatic N) is 4. The van der Waals surface area contributed by atoms with Gasteiger partial charge in [0, 0.05) is 30.5 Å². The average molecular weight is 229 g/mol. The Morgan fingerprint density at radius 1 is 1.24 bits per heavy atom. The Kier molecular flexibility index (Phi) is 2.51. The first kappa shape index (κ1) is 10.3. The van der Waals surface area contributed by atoms with Crippen LogP contribution in [0.5, 0.6) is 0 Å². The molecule has 17 heavy (non-hydrogen) atoms. The Hall–Kier alpha value is -1.91. The van der Waals surface area contributed by atoms with Gasteiger partial charge in [0.15, 0.2) is 5.82 Å². The van der Waals surface area contributed by atoms with E-state index in [4.69, 9.17) is 0 Å². The van der Waals surface area contributed by atoms with Gasteiger partial charge >= 0.3 is 0 Å². The summed E-state index contributed by atoms with van der Waals surface area (Å²) >= 11 is 0. The van der Waals surface area contributed by atoms with E-state index in [1.54, 1.807) is 0 Å². The molecule has 5 heteroatoms. The Morgan fingerprint density at radius 2 is 2.18 bits per heavy atom. The minimum atomic E-state index is 0.873. The number of fused-ring (bicyclic) bond motifs is 1. The maximum Gasteiger partial charge on any atom is 0.224 e. The highest BCUT2D eigenvalue weighted by Gasteiger charge is 2.15. The maximum atomic E-state index is 4.31. The predicted molar refractivity (Wildman–Crippen MR) is 65.7 cm³/mol. The molecule has 88 valence electrons. The molecule has 0 fully saturated rings. The summed E-state index contributed by atoms with van der Waals surface area (Å²) in [6.07, 6.45) is 4.19. The molecule has 0 saturated carbocycles. The van der Waals surface area contributed by atoms with Gasteiger partial charge in [0.1, 0.15) is 0 Å². The normalized spacial score (nSPS) is 14.9. The van der Waals surface area contributed by atoms with Crippen LogP contribution in [0.15, 0.2) is 18.3 Å². The quantitative estimate of drug-likeness (QED) is 0.810. The fourth-order valence-electron chi connectivity index (χ4n) is 2.05. The van der Waals surface area contributed by atoms with Gasteiger partial charge in [0.25, 0.3) is 0 Å². The van der Waals surface area contributed by atoms with Crippen LogP contribution >= 0.6 is 0 Å². The highest BCUT2D eigenvalue weighted by atomic mass is 15.4. The molecule has 0 saturated heterocycles. The first-order valence-electron chi connectivity index (χ1n) is 5.95. The maximum absolute atomic E-state index is 4.31. The van der Waals surface area contributed by atoms with Crippen LogP contribution in [-0.2, 0) is 6.54 Å². The summed E-state index contributed by atoms with van der Waals surface area (Å²) in [5, 5.41) is 11.7. The second kappa shape index (κ2) is 4.16. The lowest BCUT2D eigenvalue weighted by atomic mass is 10.2. The number of anilines is 1. The van der Waals surface area contributed by atoms with Crippen molar-refractivity contribution in [2.45, 2.75) is 26.3 Å². The van der Waals surface area contributed by atoms with Crippen LogP contribution in [-0.4, -0.2) is 26.3 Å². The van der Waals surface area contributed by atoms with Crippen LogP contribution in [0.4, 0.5) is 5.95 Å². The molecule has 1 N–H and O–H groups in total. The van der Waals surface area contributed by atoms with Crippen LogP contribution in [0.2, 0.25) is 0 Å². The van der Waals surface area contributed by atoms with E-state index < -0.39 is 0 Å². The highest BCUT2D eigenvalue weighted by molar-refractivity contribution is 5.56. The van der Waals surface area contributed by atoms with E-state index in [1.165, 1.54) is 6.42 Å². The zero-order chi connectivity index (χ0) is 11.7. The molecule has 2 aromatic rings. The van der Waals surface area contributed by atoms with Crippen molar-refractivity contribution in [3.63, 3.8) is 0 Å². The molecule has 0 bridgehead atoms. The Bertz CT molecular complexity index is 514. The van der Waals surface area contributed by atoms with E-state index in [0.717, 1.165) is 42.5 Å². The zero-order valence-electron chi connectivity index (χ0n) is 9.85. The van der Waals surface area contributed by atoms with Crippen molar-refractivity contribution in [1.29, 1.82) is 0 Å². The summed E-state index contributed by atoms with van der Waals surface area (Å²) < 4.78 is 2.14. The van der Waals surface area contributed by atoms with Crippen molar-refractivity contribution in [1.82, 2.24) is 19.7 Å². The summed E-state index contributed by atoms with van der Waals surface area (Å²) in [6, 6.07) is 4.05. The predicted octanol–water partition coefficient (Wildman–Crippen LogP) is 1.85. The SMILES string of the molecule is Cc1ccc(-c2nnc3n2CCCCN3)cn1. The van der Waals surface area contributed by atoms with Gasteiger partial charge in [-0.15, -0.1) is 10.2 Å². The molecule has 2 aromatic heterocycles. The number of aryl methyl sites for hydroxylation is 1. The van der Waals surface area contributed by atoms with E-state index in [9.17, 15) is 0 Å². The van der Waals surface area contributed by atoms with Crippen molar-refractivity contribution >= 4 is 5.95 Å². The number of hydrogen-bond donors (Lipinski definition) is 1. The lowest BCUT2D eigenvalue weighted by Crippen LogP contribution is -2.04. The van der Waals surface area contributed by atoms with E-state index >= 15 is 0 Å². The fourth-order valence-corrected chi connectivity index (χ4v) is 2.05. The largest absolute Gasteiger partial charge is 0.354 e. The smallest absolute Gasteiger partial charge is 0.224 e. The summed E-state index contributed by atoms with van der Waals surface area (Å²) in [5.41, 5.74) is 2.04. The third-order valence-corrected chi connectivity index (χ3v) is 3.01. The molecule has 0 spiro atoms. The van der Waals surface area contributed by atoms with Crippen molar-refractivity contribution in [2.75, 3.05) is 11.9 Å². The summed E-state index contributed by atoms with van der Waals surface area (Å²) in [7, 11) is 0. The monoisotopic (exact) mass is 229 g/mol. The molecule has 0 aromatic carbocycles. The van der Waals surface area contributed by atoms with Crippen molar-refractivity contribution in [3.05, 3.63) is 24.0 Å². The second-order valence-electron chi connectivity index (χ2n) is 4.32. The minimum absolute atomic E-state index is 0.873. The first-order valence-corrected chi connectivity index (χ1v) is 5.95.